The van der Waals surface area contributed by atoms with Crippen molar-refractivity contribution in [3.63, 3.8) is 0 Å². The number of alkyl halides is 2. The van der Waals surface area contributed by atoms with Gasteiger partial charge in [-0.05, 0) is 67.8 Å². The van der Waals surface area contributed by atoms with E-state index >= 15 is 0 Å². The monoisotopic (exact) mass is 473 g/mol. The Hall–Kier alpha value is -2.87. The first-order valence-corrected chi connectivity index (χ1v) is 11.7. The highest BCUT2D eigenvalue weighted by Crippen LogP contribution is 2.27. The van der Waals surface area contributed by atoms with E-state index in [9.17, 15) is 18.0 Å². The van der Waals surface area contributed by atoms with Crippen LogP contribution in [0, 0.1) is 11.7 Å². The number of ether oxygens (including phenoxy) is 1. The zero-order valence-electron chi connectivity index (χ0n) is 19.7. The van der Waals surface area contributed by atoms with Gasteiger partial charge < -0.3 is 4.74 Å². The molecule has 0 amide bonds. The third kappa shape index (κ3) is 5.78. The Kier molecular flexibility index (Phi) is 6.98. The van der Waals surface area contributed by atoms with Crippen LogP contribution in [0.5, 0.6) is 11.5 Å². The van der Waals surface area contributed by atoms with Crippen molar-refractivity contribution < 1.29 is 17.9 Å². The molecule has 2 heterocycles. The maximum Gasteiger partial charge on any atom is 0.261 e. The van der Waals surface area contributed by atoms with Crippen molar-refractivity contribution in [2.75, 3.05) is 19.6 Å². The molecule has 0 spiro atoms. The Balaban J connectivity index is 1.64. The number of nitrogens with zero attached hydrogens (tertiary/aromatic N) is 3. The predicted molar refractivity (Wildman–Crippen MR) is 126 cm³/mol. The lowest BCUT2D eigenvalue weighted by atomic mass is 9.97. The molecule has 0 N–H and O–H groups in total. The molecule has 1 atom stereocenters. The number of likely N-dealkylation sites (tertiary alicyclic amines) is 1. The molecular formula is C26H30F3N3O2. The molecule has 3 aromatic rings. The maximum absolute atomic E-state index is 13.6. The number of benzene rings is 2. The Morgan fingerprint density at radius 1 is 1.15 bits per heavy atom. The SMILES string of the molecule is CC(C)c1nc2ccc(Oc3ccc(F)cc3)cc2c(=O)n1CC1CCCN(CC(C)(F)F)C1. The van der Waals surface area contributed by atoms with Crippen LogP contribution in [-0.2, 0) is 6.54 Å². The maximum atomic E-state index is 13.6. The van der Waals surface area contributed by atoms with Crippen molar-refractivity contribution in [2.24, 2.45) is 5.92 Å². The van der Waals surface area contributed by atoms with Gasteiger partial charge in [-0.2, -0.15) is 0 Å². The first-order chi connectivity index (χ1) is 16.1. The van der Waals surface area contributed by atoms with Crippen LogP contribution < -0.4 is 10.3 Å². The summed E-state index contributed by atoms with van der Waals surface area (Å²) in [4.78, 5) is 20.1. The molecule has 1 unspecified atom stereocenters. The Morgan fingerprint density at radius 2 is 1.85 bits per heavy atom. The fraction of sp³-hybridized carbons (Fsp3) is 0.462. The highest BCUT2D eigenvalue weighted by atomic mass is 19.3. The van der Waals surface area contributed by atoms with E-state index < -0.39 is 5.92 Å². The second-order valence-electron chi connectivity index (χ2n) is 9.59. The number of piperidine rings is 1. The highest BCUT2D eigenvalue weighted by molar-refractivity contribution is 5.79. The zero-order chi connectivity index (χ0) is 24.5. The highest BCUT2D eigenvalue weighted by Gasteiger charge is 2.29. The van der Waals surface area contributed by atoms with E-state index in [4.69, 9.17) is 9.72 Å². The number of halogens is 3. The fourth-order valence-electron chi connectivity index (χ4n) is 4.63. The Labute approximate surface area is 197 Å². The van der Waals surface area contributed by atoms with E-state index in [1.807, 2.05) is 13.8 Å². The van der Waals surface area contributed by atoms with E-state index in [0.29, 0.717) is 47.9 Å². The lowest BCUT2D eigenvalue weighted by molar-refractivity contribution is -0.0253. The molecule has 0 aliphatic carbocycles. The van der Waals surface area contributed by atoms with E-state index in [1.165, 1.54) is 24.3 Å². The average molecular weight is 474 g/mol. The number of fused-ring (bicyclic) bond motifs is 1. The summed E-state index contributed by atoms with van der Waals surface area (Å²) in [7, 11) is 0. The van der Waals surface area contributed by atoms with Crippen LogP contribution >= 0.6 is 0 Å². The molecule has 5 nitrogen and oxygen atoms in total. The molecule has 8 heteroatoms. The fourth-order valence-corrected chi connectivity index (χ4v) is 4.63. The van der Waals surface area contributed by atoms with Crippen molar-refractivity contribution in [3.8, 4) is 11.5 Å². The summed E-state index contributed by atoms with van der Waals surface area (Å²) in [5.41, 5.74) is 0.406. The molecular weight excluding hydrogens is 443 g/mol. The van der Waals surface area contributed by atoms with Gasteiger partial charge in [0.05, 0.1) is 17.4 Å². The van der Waals surface area contributed by atoms with Crippen LogP contribution in [0.3, 0.4) is 0 Å². The van der Waals surface area contributed by atoms with Gasteiger partial charge in [-0.1, -0.05) is 13.8 Å². The van der Waals surface area contributed by atoms with Gasteiger partial charge in [-0.15, -0.1) is 0 Å². The van der Waals surface area contributed by atoms with Gasteiger partial charge in [-0.25, -0.2) is 18.2 Å². The quantitative estimate of drug-likeness (QED) is 0.434. The van der Waals surface area contributed by atoms with E-state index in [0.717, 1.165) is 19.8 Å². The van der Waals surface area contributed by atoms with E-state index in [1.54, 1.807) is 27.7 Å². The first-order valence-electron chi connectivity index (χ1n) is 11.7. The minimum absolute atomic E-state index is 0.0203. The summed E-state index contributed by atoms with van der Waals surface area (Å²) in [5, 5.41) is 0.428. The molecule has 2 aromatic carbocycles. The largest absolute Gasteiger partial charge is 0.457 e. The minimum atomic E-state index is -2.74. The van der Waals surface area contributed by atoms with Crippen LogP contribution in [0.25, 0.3) is 10.9 Å². The molecule has 1 saturated heterocycles. The van der Waals surface area contributed by atoms with Crippen LogP contribution in [0.2, 0.25) is 0 Å². The van der Waals surface area contributed by atoms with Crippen LogP contribution in [0.4, 0.5) is 13.2 Å². The lowest BCUT2D eigenvalue weighted by Gasteiger charge is -2.34. The standard InChI is InChI=1S/C26H30F3N3O2/c1-17(2)24-30-23-11-10-21(34-20-8-6-19(27)7-9-20)13-22(23)25(33)32(24)15-18-5-4-12-31(14-18)16-26(3,28)29/h6-11,13,17-18H,4-5,12,14-16H2,1-3H3. The molecule has 182 valence electrons. The zero-order valence-corrected chi connectivity index (χ0v) is 19.7. The van der Waals surface area contributed by atoms with Crippen LogP contribution in [0.1, 0.15) is 45.4 Å². The molecule has 34 heavy (non-hydrogen) atoms. The van der Waals surface area contributed by atoms with Gasteiger partial charge >= 0.3 is 0 Å². The van der Waals surface area contributed by atoms with Crippen molar-refractivity contribution in [3.05, 3.63) is 64.5 Å². The average Bonchev–Trinajstić information content (AvgIpc) is 2.76. The third-order valence-corrected chi connectivity index (χ3v) is 6.07. The number of rotatable bonds is 7. The topological polar surface area (TPSA) is 47.4 Å². The van der Waals surface area contributed by atoms with Gasteiger partial charge in [0.15, 0.2) is 0 Å². The molecule has 0 bridgehead atoms. The van der Waals surface area contributed by atoms with Gasteiger partial charge in [0, 0.05) is 25.9 Å². The molecule has 0 saturated carbocycles. The van der Waals surface area contributed by atoms with Crippen molar-refractivity contribution >= 4 is 10.9 Å². The number of hydrogen-bond donors (Lipinski definition) is 0. The lowest BCUT2D eigenvalue weighted by Crippen LogP contribution is -2.43. The van der Waals surface area contributed by atoms with Crippen molar-refractivity contribution in [1.82, 2.24) is 14.5 Å². The Bertz CT molecular complexity index is 1200. The smallest absolute Gasteiger partial charge is 0.261 e. The molecule has 1 fully saturated rings. The van der Waals surface area contributed by atoms with E-state index in [2.05, 4.69) is 0 Å². The summed E-state index contributed by atoms with van der Waals surface area (Å²) in [6.07, 6.45) is 1.70. The van der Waals surface area contributed by atoms with Gasteiger partial charge in [0.25, 0.3) is 11.5 Å². The Morgan fingerprint density at radius 3 is 2.53 bits per heavy atom. The van der Waals surface area contributed by atoms with Crippen LogP contribution in [0.15, 0.2) is 47.3 Å². The van der Waals surface area contributed by atoms with Gasteiger partial charge in [-0.3, -0.25) is 14.3 Å². The summed E-state index contributed by atoms with van der Waals surface area (Å²) in [6.45, 7) is 6.25. The minimum Gasteiger partial charge on any atom is -0.457 e. The van der Waals surface area contributed by atoms with Crippen LogP contribution in [-0.4, -0.2) is 40.0 Å². The molecule has 1 aromatic heterocycles. The van der Waals surface area contributed by atoms with E-state index in [-0.39, 0.29) is 29.8 Å². The van der Waals surface area contributed by atoms with Gasteiger partial charge in [0.1, 0.15) is 23.1 Å². The second kappa shape index (κ2) is 9.78. The van der Waals surface area contributed by atoms with Crippen molar-refractivity contribution in [1.29, 1.82) is 0 Å². The van der Waals surface area contributed by atoms with Crippen molar-refractivity contribution in [2.45, 2.75) is 52.0 Å². The number of hydrogen-bond acceptors (Lipinski definition) is 4. The summed E-state index contributed by atoms with van der Waals surface area (Å²) < 4.78 is 47.8. The third-order valence-electron chi connectivity index (χ3n) is 6.07. The number of aromatic nitrogens is 2. The molecule has 1 aliphatic rings. The summed E-state index contributed by atoms with van der Waals surface area (Å²) in [6, 6.07) is 10.8. The summed E-state index contributed by atoms with van der Waals surface area (Å²) in [5.74, 6) is -1.40. The molecule has 1 aliphatic heterocycles. The van der Waals surface area contributed by atoms with Gasteiger partial charge in [0.2, 0.25) is 0 Å². The second-order valence-corrected chi connectivity index (χ2v) is 9.59. The predicted octanol–water partition coefficient (Wildman–Crippen LogP) is 5.82. The molecule has 0 radical (unpaired) electrons. The summed E-state index contributed by atoms with van der Waals surface area (Å²) >= 11 is 0. The molecule has 4 rings (SSSR count). The first kappa shape index (κ1) is 24.3. The normalized spacial score (nSPS) is 17.4.